The molecule has 0 aliphatic heterocycles. The van der Waals surface area contributed by atoms with Crippen LogP contribution in [0, 0.1) is 0 Å². The van der Waals surface area contributed by atoms with E-state index in [1.165, 1.54) is 36.2 Å². The van der Waals surface area contributed by atoms with Crippen LogP contribution in [0.5, 0.6) is 0 Å². The molecule has 2 aromatic carbocycles. The molecule has 1 atom stereocenters. The number of likely N-dealkylation sites (N-methyl/N-ethyl adjacent to an activating group) is 1. The second-order valence-corrected chi connectivity index (χ2v) is 10.7. The number of carbonyl (C=O) groups excluding carboxylic acids is 2. The van der Waals surface area contributed by atoms with Gasteiger partial charge in [0.25, 0.3) is 0 Å². The predicted octanol–water partition coefficient (Wildman–Crippen LogP) is 4.21. The van der Waals surface area contributed by atoms with Gasteiger partial charge in [-0.25, -0.2) is 8.42 Å². The number of benzene rings is 2. The molecule has 33 heavy (non-hydrogen) atoms. The lowest BCUT2D eigenvalue weighted by Crippen LogP contribution is -2.50. The van der Waals surface area contributed by atoms with Crippen LogP contribution < -0.4 is 5.32 Å². The van der Waals surface area contributed by atoms with Crippen molar-refractivity contribution in [2.75, 3.05) is 20.1 Å². The summed E-state index contributed by atoms with van der Waals surface area (Å²) in [6.07, 6.45) is 0.727. The zero-order valence-corrected chi connectivity index (χ0v) is 21.6. The van der Waals surface area contributed by atoms with Crippen molar-refractivity contribution in [1.29, 1.82) is 0 Å². The smallest absolute Gasteiger partial charge is 0.243 e. The SMILES string of the molecule is CCCNC(=O)[C@H](C)N(Cc1c(Cl)cccc1Cl)C(=O)CN(C)S(=O)(=O)c1ccc(Cl)cc1. The van der Waals surface area contributed by atoms with Crippen molar-refractivity contribution in [3.05, 3.63) is 63.1 Å². The number of halogens is 3. The summed E-state index contributed by atoms with van der Waals surface area (Å²) in [4.78, 5) is 27.2. The fraction of sp³-hybridized carbons (Fsp3) is 0.364. The maximum atomic E-state index is 13.3. The topological polar surface area (TPSA) is 86.8 Å². The quantitative estimate of drug-likeness (QED) is 0.495. The van der Waals surface area contributed by atoms with Crippen molar-refractivity contribution >= 4 is 56.6 Å². The van der Waals surface area contributed by atoms with Gasteiger partial charge >= 0.3 is 0 Å². The minimum absolute atomic E-state index is 0.00312. The molecule has 0 bridgehead atoms. The summed E-state index contributed by atoms with van der Waals surface area (Å²) in [5, 5.41) is 3.82. The van der Waals surface area contributed by atoms with Crippen molar-refractivity contribution in [2.24, 2.45) is 0 Å². The zero-order valence-electron chi connectivity index (χ0n) is 18.5. The highest BCUT2D eigenvalue weighted by Crippen LogP contribution is 2.27. The molecule has 0 saturated carbocycles. The van der Waals surface area contributed by atoms with Gasteiger partial charge < -0.3 is 10.2 Å². The van der Waals surface area contributed by atoms with E-state index in [-0.39, 0.29) is 17.3 Å². The number of sulfonamides is 1. The molecule has 180 valence electrons. The van der Waals surface area contributed by atoms with E-state index in [0.29, 0.717) is 27.2 Å². The summed E-state index contributed by atoms with van der Waals surface area (Å²) in [6, 6.07) is 9.68. The van der Waals surface area contributed by atoms with Crippen molar-refractivity contribution < 1.29 is 18.0 Å². The standard InChI is InChI=1S/C22H26Cl3N3O4S/c1-4-12-26-22(30)15(2)28(13-18-19(24)6-5-7-20(18)25)21(29)14-27(3)33(31,32)17-10-8-16(23)9-11-17/h5-11,15H,4,12-14H2,1-3H3,(H,26,30)/t15-/m0/s1. The van der Waals surface area contributed by atoms with E-state index in [2.05, 4.69) is 5.32 Å². The highest BCUT2D eigenvalue weighted by molar-refractivity contribution is 7.89. The van der Waals surface area contributed by atoms with Crippen molar-refractivity contribution in [3.8, 4) is 0 Å². The van der Waals surface area contributed by atoms with E-state index < -0.39 is 28.5 Å². The Morgan fingerprint density at radius 2 is 1.61 bits per heavy atom. The Balaban J connectivity index is 2.32. The Morgan fingerprint density at radius 1 is 1.03 bits per heavy atom. The van der Waals surface area contributed by atoms with Gasteiger partial charge in [0, 0.05) is 40.8 Å². The number of hydrogen-bond donors (Lipinski definition) is 1. The van der Waals surface area contributed by atoms with E-state index in [1.54, 1.807) is 25.1 Å². The molecular formula is C22H26Cl3N3O4S. The van der Waals surface area contributed by atoms with E-state index in [4.69, 9.17) is 34.8 Å². The summed E-state index contributed by atoms with van der Waals surface area (Å²) in [6.45, 7) is 3.38. The lowest BCUT2D eigenvalue weighted by atomic mass is 10.1. The lowest BCUT2D eigenvalue weighted by Gasteiger charge is -2.30. The van der Waals surface area contributed by atoms with E-state index in [9.17, 15) is 18.0 Å². The molecule has 0 aliphatic carbocycles. The van der Waals surface area contributed by atoms with Gasteiger partial charge in [-0.15, -0.1) is 0 Å². The Labute approximate surface area is 209 Å². The number of carbonyl (C=O) groups is 2. The van der Waals surface area contributed by atoms with Gasteiger partial charge in [-0.05, 0) is 49.7 Å². The Hall–Kier alpha value is -1.84. The maximum Gasteiger partial charge on any atom is 0.243 e. The fourth-order valence-electron chi connectivity index (χ4n) is 2.99. The molecule has 7 nitrogen and oxygen atoms in total. The van der Waals surface area contributed by atoms with E-state index in [1.807, 2.05) is 6.92 Å². The van der Waals surface area contributed by atoms with Crippen LogP contribution in [0.25, 0.3) is 0 Å². The molecule has 0 radical (unpaired) electrons. The minimum atomic E-state index is -3.96. The fourth-order valence-corrected chi connectivity index (χ4v) is 4.75. The molecule has 1 N–H and O–H groups in total. The third-order valence-corrected chi connectivity index (χ3v) is 7.76. The summed E-state index contributed by atoms with van der Waals surface area (Å²) in [7, 11) is -2.66. The van der Waals surface area contributed by atoms with E-state index in [0.717, 1.165) is 10.7 Å². The number of nitrogens with zero attached hydrogens (tertiary/aromatic N) is 2. The molecular weight excluding hydrogens is 509 g/mol. The van der Waals surface area contributed by atoms with Gasteiger partial charge in [-0.2, -0.15) is 4.31 Å². The maximum absolute atomic E-state index is 13.3. The molecule has 0 saturated heterocycles. The first-order valence-corrected chi connectivity index (χ1v) is 12.8. The van der Waals surface area contributed by atoms with Gasteiger partial charge in [0.15, 0.2) is 0 Å². The van der Waals surface area contributed by atoms with Crippen LogP contribution in [0.1, 0.15) is 25.8 Å². The van der Waals surface area contributed by atoms with Crippen molar-refractivity contribution in [2.45, 2.75) is 37.8 Å². The summed E-state index contributed by atoms with van der Waals surface area (Å²) in [5.41, 5.74) is 0.465. The minimum Gasteiger partial charge on any atom is -0.354 e. The van der Waals surface area contributed by atoms with Crippen LogP contribution in [-0.4, -0.2) is 55.6 Å². The van der Waals surface area contributed by atoms with E-state index >= 15 is 0 Å². The van der Waals surface area contributed by atoms with Gasteiger partial charge in [0.1, 0.15) is 6.04 Å². The van der Waals surface area contributed by atoms with Gasteiger partial charge in [-0.1, -0.05) is 47.8 Å². The average Bonchev–Trinajstić information content (AvgIpc) is 2.77. The number of hydrogen-bond acceptors (Lipinski definition) is 4. The molecule has 2 amide bonds. The predicted molar refractivity (Wildman–Crippen MR) is 131 cm³/mol. The van der Waals surface area contributed by atoms with Gasteiger partial charge in [0.05, 0.1) is 11.4 Å². The zero-order chi connectivity index (χ0) is 24.8. The van der Waals surface area contributed by atoms with Crippen LogP contribution >= 0.6 is 34.8 Å². The molecule has 0 spiro atoms. The molecule has 2 rings (SSSR count). The average molecular weight is 535 g/mol. The van der Waals surface area contributed by atoms with Crippen molar-refractivity contribution in [1.82, 2.24) is 14.5 Å². The summed E-state index contributed by atoms with van der Waals surface area (Å²) in [5.74, 6) is -0.943. The van der Waals surface area contributed by atoms with Crippen LogP contribution in [0.2, 0.25) is 15.1 Å². The molecule has 0 fully saturated rings. The summed E-state index contributed by atoms with van der Waals surface area (Å²) >= 11 is 18.4. The second kappa shape index (κ2) is 12.0. The van der Waals surface area contributed by atoms with Crippen LogP contribution in [-0.2, 0) is 26.2 Å². The number of nitrogens with one attached hydrogen (secondary N) is 1. The first-order valence-electron chi connectivity index (χ1n) is 10.2. The lowest BCUT2D eigenvalue weighted by molar-refractivity contribution is -0.140. The highest BCUT2D eigenvalue weighted by Gasteiger charge is 2.31. The Morgan fingerprint density at radius 3 is 2.15 bits per heavy atom. The molecule has 0 heterocycles. The van der Waals surface area contributed by atoms with Crippen molar-refractivity contribution in [3.63, 3.8) is 0 Å². The Bertz CT molecular complexity index is 1070. The number of rotatable bonds is 10. The first-order chi connectivity index (χ1) is 15.5. The monoisotopic (exact) mass is 533 g/mol. The highest BCUT2D eigenvalue weighted by atomic mass is 35.5. The number of amides is 2. The van der Waals surface area contributed by atoms with Gasteiger partial charge in [0.2, 0.25) is 21.8 Å². The van der Waals surface area contributed by atoms with Crippen LogP contribution in [0.3, 0.4) is 0 Å². The molecule has 0 aromatic heterocycles. The third kappa shape index (κ3) is 7.07. The first kappa shape index (κ1) is 27.4. The Kier molecular flexibility index (Phi) is 10.00. The second-order valence-electron chi connectivity index (χ2n) is 7.40. The molecule has 0 aliphatic rings. The molecule has 11 heteroatoms. The van der Waals surface area contributed by atoms with Gasteiger partial charge in [-0.3, -0.25) is 9.59 Å². The van der Waals surface area contributed by atoms with Crippen LogP contribution in [0.15, 0.2) is 47.4 Å². The normalized spacial score (nSPS) is 12.5. The van der Waals surface area contributed by atoms with Crippen LogP contribution in [0.4, 0.5) is 0 Å². The largest absolute Gasteiger partial charge is 0.354 e. The molecule has 2 aromatic rings. The summed E-state index contributed by atoms with van der Waals surface area (Å²) < 4.78 is 26.7. The molecule has 0 unspecified atom stereocenters. The third-order valence-electron chi connectivity index (χ3n) is 4.99.